The molecular weight excluding hydrogens is 471 g/mol. The smallest absolute Gasteiger partial charge is 0.193 e. The average Bonchev–Trinajstić information content (AvgIpc) is 2.66. The Bertz CT molecular complexity index is 547. The molecule has 1 saturated heterocycles. The van der Waals surface area contributed by atoms with Crippen LogP contribution in [0.3, 0.4) is 0 Å². The fourth-order valence-corrected chi connectivity index (χ4v) is 3.58. The fourth-order valence-electron chi connectivity index (χ4n) is 3.17. The normalized spacial score (nSPS) is 16.1. The number of halogens is 1. The number of aliphatic hydroxyl groups is 1. The lowest BCUT2D eigenvalue weighted by atomic mass is 10.1. The molecule has 0 amide bonds. The first-order valence-corrected chi connectivity index (χ1v) is 10.9. The van der Waals surface area contributed by atoms with E-state index in [4.69, 9.17) is 4.99 Å². The van der Waals surface area contributed by atoms with Gasteiger partial charge in [-0.1, -0.05) is 12.1 Å². The number of thioether (sulfide) groups is 1. The molecule has 1 aromatic rings. The molecule has 1 heterocycles. The number of benzene rings is 1. The van der Waals surface area contributed by atoms with Gasteiger partial charge in [0, 0.05) is 44.7 Å². The third kappa shape index (κ3) is 9.02. The lowest BCUT2D eigenvalue weighted by molar-refractivity contribution is 0.0824. The Labute approximate surface area is 186 Å². The lowest BCUT2D eigenvalue weighted by Gasteiger charge is -2.29. The summed E-state index contributed by atoms with van der Waals surface area (Å²) in [6.07, 6.45) is 4.88. The summed E-state index contributed by atoms with van der Waals surface area (Å²) in [6, 6.07) is 8.73. The quantitative estimate of drug-likeness (QED) is 0.186. The molecular formula is C20H35IN4OS. The van der Waals surface area contributed by atoms with Crippen LogP contribution in [-0.2, 0) is 6.54 Å². The second-order valence-corrected chi connectivity index (χ2v) is 7.75. The number of nitrogens with one attached hydrogen (secondary N) is 1. The van der Waals surface area contributed by atoms with Gasteiger partial charge in [-0.3, -0.25) is 4.99 Å². The summed E-state index contributed by atoms with van der Waals surface area (Å²) in [4.78, 5) is 10.7. The largest absolute Gasteiger partial charge is 0.393 e. The molecule has 0 aromatic heterocycles. The first kappa shape index (κ1) is 24.5. The molecule has 0 unspecified atom stereocenters. The van der Waals surface area contributed by atoms with E-state index in [2.05, 4.69) is 59.6 Å². The monoisotopic (exact) mass is 506 g/mol. The van der Waals surface area contributed by atoms with Crippen molar-refractivity contribution in [1.29, 1.82) is 0 Å². The molecule has 2 N–H and O–H groups in total. The summed E-state index contributed by atoms with van der Waals surface area (Å²) in [5, 5.41) is 13.0. The number of aliphatic imine (C=N–C) groups is 1. The van der Waals surface area contributed by atoms with Gasteiger partial charge in [0.15, 0.2) is 5.96 Å². The Kier molecular flexibility index (Phi) is 12.4. The molecule has 0 atom stereocenters. The van der Waals surface area contributed by atoms with Gasteiger partial charge >= 0.3 is 0 Å². The highest BCUT2D eigenvalue weighted by Gasteiger charge is 2.16. The maximum absolute atomic E-state index is 9.58. The van der Waals surface area contributed by atoms with Gasteiger partial charge in [-0.2, -0.15) is 0 Å². The SMILES string of the molecule is CCNC(=NCCCN1CCC(O)CC1)N(C)Cc1ccc(SC)cc1.I. The second kappa shape index (κ2) is 13.6. The van der Waals surface area contributed by atoms with Crippen LogP contribution in [0.4, 0.5) is 0 Å². The topological polar surface area (TPSA) is 51.1 Å². The van der Waals surface area contributed by atoms with Crippen LogP contribution in [0.5, 0.6) is 0 Å². The number of aliphatic hydroxyl groups excluding tert-OH is 1. The van der Waals surface area contributed by atoms with E-state index in [1.807, 2.05) is 0 Å². The molecule has 0 aliphatic carbocycles. The Morgan fingerprint density at radius 2 is 1.96 bits per heavy atom. The van der Waals surface area contributed by atoms with Gasteiger partial charge in [0.05, 0.1) is 6.10 Å². The van der Waals surface area contributed by atoms with Crippen molar-refractivity contribution in [3.05, 3.63) is 29.8 Å². The molecule has 1 aliphatic rings. The van der Waals surface area contributed by atoms with Crippen LogP contribution in [0, 0.1) is 0 Å². The molecule has 0 bridgehead atoms. The minimum Gasteiger partial charge on any atom is -0.393 e. The summed E-state index contributed by atoms with van der Waals surface area (Å²) >= 11 is 1.77. The molecule has 5 nitrogen and oxygen atoms in total. The number of likely N-dealkylation sites (tertiary alicyclic amines) is 1. The zero-order valence-corrected chi connectivity index (χ0v) is 20.0. The van der Waals surface area contributed by atoms with Crippen LogP contribution in [0.1, 0.15) is 31.7 Å². The van der Waals surface area contributed by atoms with Gasteiger partial charge in [0.2, 0.25) is 0 Å². The average molecular weight is 506 g/mol. The van der Waals surface area contributed by atoms with Crippen molar-refractivity contribution in [2.45, 2.75) is 43.7 Å². The summed E-state index contributed by atoms with van der Waals surface area (Å²) in [5.41, 5.74) is 1.29. The molecule has 0 radical (unpaired) electrons. The lowest BCUT2D eigenvalue weighted by Crippen LogP contribution is -2.39. The molecule has 27 heavy (non-hydrogen) atoms. The van der Waals surface area contributed by atoms with Crippen molar-refractivity contribution < 1.29 is 5.11 Å². The first-order chi connectivity index (χ1) is 12.6. The van der Waals surface area contributed by atoms with E-state index >= 15 is 0 Å². The molecule has 2 rings (SSSR count). The van der Waals surface area contributed by atoms with Crippen molar-refractivity contribution in [1.82, 2.24) is 15.1 Å². The Balaban J connectivity index is 0.00000364. The molecule has 7 heteroatoms. The Morgan fingerprint density at radius 1 is 1.30 bits per heavy atom. The molecule has 154 valence electrons. The van der Waals surface area contributed by atoms with Crippen molar-refractivity contribution in [3.63, 3.8) is 0 Å². The van der Waals surface area contributed by atoms with E-state index in [-0.39, 0.29) is 30.1 Å². The predicted molar refractivity (Wildman–Crippen MR) is 127 cm³/mol. The van der Waals surface area contributed by atoms with Crippen LogP contribution < -0.4 is 5.32 Å². The van der Waals surface area contributed by atoms with Crippen LogP contribution in [-0.4, -0.2) is 73.0 Å². The molecule has 0 spiro atoms. The minimum absolute atomic E-state index is 0. The summed E-state index contributed by atoms with van der Waals surface area (Å²) in [5.74, 6) is 0.968. The van der Waals surface area contributed by atoms with Crippen molar-refractivity contribution in [2.75, 3.05) is 46.0 Å². The van der Waals surface area contributed by atoms with Gasteiger partial charge in [-0.05, 0) is 56.7 Å². The van der Waals surface area contributed by atoms with Crippen LogP contribution in [0.25, 0.3) is 0 Å². The van der Waals surface area contributed by atoms with E-state index in [9.17, 15) is 5.11 Å². The maximum Gasteiger partial charge on any atom is 0.193 e. The van der Waals surface area contributed by atoms with Crippen molar-refractivity contribution in [3.8, 4) is 0 Å². The summed E-state index contributed by atoms with van der Waals surface area (Å²) < 4.78 is 0. The standard InChI is InChI=1S/C20H34N4OS.HI/c1-4-21-20(22-12-5-13-24-14-10-18(25)11-15-24)23(2)16-17-6-8-19(26-3)9-7-17;/h6-9,18,25H,4-5,10-16H2,1-3H3,(H,21,22);1H. The predicted octanol–water partition coefficient (Wildman–Crippen LogP) is 3.27. The van der Waals surface area contributed by atoms with E-state index < -0.39 is 0 Å². The van der Waals surface area contributed by atoms with E-state index in [0.29, 0.717) is 0 Å². The van der Waals surface area contributed by atoms with Crippen LogP contribution in [0.15, 0.2) is 34.2 Å². The maximum atomic E-state index is 9.58. The fraction of sp³-hybridized carbons (Fsp3) is 0.650. The number of nitrogens with zero attached hydrogens (tertiary/aromatic N) is 3. The van der Waals surface area contributed by atoms with E-state index in [1.54, 1.807) is 11.8 Å². The minimum atomic E-state index is -0.0942. The number of hydrogen-bond donors (Lipinski definition) is 2. The highest BCUT2D eigenvalue weighted by Crippen LogP contribution is 2.15. The number of piperidine rings is 1. The van der Waals surface area contributed by atoms with E-state index in [0.717, 1.165) is 64.5 Å². The van der Waals surface area contributed by atoms with E-state index in [1.165, 1.54) is 10.5 Å². The zero-order valence-electron chi connectivity index (χ0n) is 16.9. The molecule has 1 fully saturated rings. The summed E-state index contributed by atoms with van der Waals surface area (Å²) in [6.45, 7) is 7.75. The third-order valence-electron chi connectivity index (χ3n) is 4.73. The van der Waals surface area contributed by atoms with Gasteiger partial charge in [0.25, 0.3) is 0 Å². The third-order valence-corrected chi connectivity index (χ3v) is 5.47. The zero-order chi connectivity index (χ0) is 18.8. The first-order valence-electron chi connectivity index (χ1n) is 9.65. The van der Waals surface area contributed by atoms with Gasteiger partial charge < -0.3 is 20.2 Å². The number of hydrogen-bond acceptors (Lipinski definition) is 4. The van der Waals surface area contributed by atoms with Crippen molar-refractivity contribution in [2.24, 2.45) is 4.99 Å². The van der Waals surface area contributed by atoms with Crippen LogP contribution in [0.2, 0.25) is 0 Å². The summed E-state index contributed by atoms with van der Waals surface area (Å²) in [7, 11) is 2.09. The molecule has 1 aliphatic heterocycles. The Morgan fingerprint density at radius 3 is 2.56 bits per heavy atom. The number of guanidine groups is 1. The number of rotatable bonds is 8. The Hall–Kier alpha value is -0.510. The molecule has 1 aromatic carbocycles. The highest BCUT2D eigenvalue weighted by atomic mass is 127. The van der Waals surface area contributed by atoms with Gasteiger partial charge in [0.1, 0.15) is 0 Å². The van der Waals surface area contributed by atoms with Gasteiger partial charge in [-0.15, -0.1) is 35.7 Å². The second-order valence-electron chi connectivity index (χ2n) is 6.87. The molecule has 0 saturated carbocycles. The highest BCUT2D eigenvalue weighted by molar-refractivity contribution is 14.0. The van der Waals surface area contributed by atoms with Crippen LogP contribution >= 0.6 is 35.7 Å². The van der Waals surface area contributed by atoms with Crippen molar-refractivity contribution >= 4 is 41.7 Å². The van der Waals surface area contributed by atoms with Gasteiger partial charge in [-0.25, -0.2) is 0 Å².